The molecule has 3 aliphatic rings. The van der Waals surface area contributed by atoms with E-state index in [1.165, 1.54) is 18.4 Å². The van der Waals surface area contributed by atoms with E-state index in [1.807, 2.05) is 37.1 Å². The first-order valence-corrected chi connectivity index (χ1v) is 14.5. The number of aliphatic hydroxyl groups is 1. The summed E-state index contributed by atoms with van der Waals surface area (Å²) in [6.07, 6.45) is 12.0. The molecule has 3 aromatic heterocycles. The number of carbonyl (C=O) groups is 1. The second kappa shape index (κ2) is 10.3. The molecule has 0 radical (unpaired) electrons. The molecule has 1 amide bonds. The fourth-order valence-electron chi connectivity index (χ4n) is 6.64. The molecule has 3 aromatic rings. The van der Waals surface area contributed by atoms with Crippen molar-refractivity contribution in [3.63, 3.8) is 0 Å². The van der Waals surface area contributed by atoms with Gasteiger partial charge in [0, 0.05) is 59.9 Å². The van der Waals surface area contributed by atoms with Crippen LogP contribution in [0, 0.1) is 19.8 Å². The second-order valence-corrected chi connectivity index (χ2v) is 11.7. The summed E-state index contributed by atoms with van der Waals surface area (Å²) in [5, 5.41) is 14.8. The number of nitrogens with one attached hydrogen (secondary N) is 1. The minimum absolute atomic E-state index is 0.102. The maximum Gasteiger partial charge on any atom is 0.253 e. The van der Waals surface area contributed by atoms with Crippen molar-refractivity contribution in [3.05, 3.63) is 47.0 Å². The van der Waals surface area contributed by atoms with Crippen molar-refractivity contribution in [1.29, 1.82) is 0 Å². The highest BCUT2D eigenvalue weighted by molar-refractivity contribution is 5.94. The van der Waals surface area contributed by atoms with Crippen LogP contribution in [0.1, 0.15) is 97.6 Å². The quantitative estimate of drug-likeness (QED) is 0.470. The van der Waals surface area contributed by atoms with Gasteiger partial charge in [-0.2, -0.15) is 4.98 Å². The molecule has 3 fully saturated rings. The Hall–Kier alpha value is -3.00. The van der Waals surface area contributed by atoms with Gasteiger partial charge in [-0.25, -0.2) is 4.98 Å². The van der Waals surface area contributed by atoms with Crippen LogP contribution in [0.3, 0.4) is 0 Å². The third kappa shape index (κ3) is 5.03. The Kier molecular flexibility index (Phi) is 6.84. The molecule has 8 nitrogen and oxygen atoms in total. The number of hydrogen-bond acceptors (Lipinski definition) is 6. The normalized spacial score (nSPS) is 26.1. The summed E-state index contributed by atoms with van der Waals surface area (Å²) in [6, 6.07) is 4.62. The molecule has 1 aliphatic heterocycles. The minimum Gasteiger partial charge on any atom is -0.393 e. The summed E-state index contributed by atoms with van der Waals surface area (Å²) in [4.78, 5) is 29.4. The number of amides is 1. The van der Waals surface area contributed by atoms with Crippen molar-refractivity contribution in [1.82, 2.24) is 24.4 Å². The smallest absolute Gasteiger partial charge is 0.253 e. The molecule has 0 spiro atoms. The molecule has 202 valence electrons. The first kappa shape index (κ1) is 25.3. The van der Waals surface area contributed by atoms with Crippen molar-refractivity contribution in [2.45, 2.75) is 96.2 Å². The summed E-state index contributed by atoms with van der Waals surface area (Å²) in [5.41, 5.74) is 4.81. The van der Waals surface area contributed by atoms with Gasteiger partial charge in [0.05, 0.1) is 6.10 Å². The SMILES string of the molecule is CC[C@@H]1CC1Nc1ncc2c(C3CCN(C(=O)c4cc(C)nc(C)c4)CC3)cn(C3CCC(O)CC3)c2n1. The average molecular weight is 517 g/mol. The highest BCUT2D eigenvalue weighted by Crippen LogP contribution is 2.39. The van der Waals surface area contributed by atoms with E-state index in [4.69, 9.17) is 9.97 Å². The predicted molar refractivity (Wildman–Crippen MR) is 148 cm³/mol. The monoisotopic (exact) mass is 516 g/mol. The molecule has 4 heterocycles. The Morgan fingerprint density at radius 2 is 1.76 bits per heavy atom. The van der Waals surface area contributed by atoms with Crippen LogP contribution >= 0.6 is 0 Å². The summed E-state index contributed by atoms with van der Waals surface area (Å²) in [6.45, 7) is 7.60. The van der Waals surface area contributed by atoms with Crippen LogP contribution in [0.15, 0.2) is 24.5 Å². The highest BCUT2D eigenvalue weighted by atomic mass is 16.3. The van der Waals surface area contributed by atoms with Gasteiger partial charge in [0.15, 0.2) is 0 Å². The number of hydrogen-bond donors (Lipinski definition) is 2. The van der Waals surface area contributed by atoms with Crippen molar-refractivity contribution in [2.75, 3.05) is 18.4 Å². The van der Waals surface area contributed by atoms with Gasteiger partial charge < -0.3 is 19.9 Å². The standard InChI is InChI=1S/C30H40N6O2/c1-4-20-15-27(20)33-30-31-16-25-26(17-36(28(25)34-30)23-5-7-24(37)8-6-23)21-9-11-35(12-10-21)29(38)22-13-18(2)32-19(3)14-22/h13-14,16-17,20-21,23-24,27,37H,4-12,15H2,1-3H3,(H,31,33,34)/t20-,23?,24?,27?/m1/s1. The molecule has 2 aliphatic carbocycles. The van der Waals surface area contributed by atoms with Gasteiger partial charge in [-0.05, 0) is 88.3 Å². The van der Waals surface area contributed by atoms with Crippen molar-refractivity contribution in [3.8, 4) is 0 Å². The predicted octanol–water partition coefficient (Wildman–Crippen LogP) is 5.15. The first-order chi connectivity index (χ1) is 18.4. The van der Waals surface area contributed by atoms with E-state index in [0.717, 1.165) is 91.5 Å². The number of fused-ring (bicyclic) bond motifs is 1. The van der Waals surface area contributed by atoms with E-state index in [0.29, 0.717) is 18.0 Å². The number of likely N-dealkylation sites (tertiary alicyclic amines) is 1. The first-order valence-electron chi connectivity index (χ1n) is 14.5. The van der Waals surface area contributed by atoms with E-state index in [2.05, 4.69) is 28.0 Å². The fraction of sp³-hybridized carbons (Fsp3) is 0.600. The Bertz CT molecular complexity index is 1300. The van der Waals surface area contributed by atoms with Gasteiger partial charge in [-0.15, -0.1) is 0 Å². The molecule has 1 unspecified atom stereocenters. The number of carbonyl (C=O) groups excluding carboxylic acids is 1. The Morgan fingerprint density at radius 3 is 2.42 bits per heavy atom. The van der Waals surface area contributed by atoms with E-state index in [1.54, 1.807) is 0 Å². The van der Waals surface area contributed by atoms with Gasteiger partial charge >= 0.3 is 0 Å². The van der Waals surface area contributed by atoms with Crippen LogP contribution in [0.5, 0.6) is 0 Å². The number of anilines is 1. The van der Waals surface area contributed by atoms with Crippen LogP contribution in [-0.2, 0) is 0 Å². The summed E-state index contributed by atoms with van der Waals surface area (Å²) in [5.74, 6) is 1.92. The van der Waals surface area contributed by atoms with Gasteiger partial charge in [0.2, 0.25) is 5.95 Å². The molecule has 0 aromatic carbocycles. The molecular weight excluding hydrogens is 476 g/mol. The van der Waals surface area contributed by atoms with Crippen LogP contribution < -0.4 is 5.32 Å². The van der Waals surface area contributed by atoms with Gasteiger partial charge in [-0.3, -0.25) is 9.78 Å². The van der Waals surface area contributed by atoms with Crippen molar-refractivity contribution < 1.29 is 9.90 Å². The molecule has 0 bridgehead atoms. The topological polar surface area (TPSA) is 96.2 Å². The molecule has 38 heavy (non-hydrogen) atoms. The number of aryl methyl sites for hydroxylation is 2. The highest BCUT2D eigenvalue weighted by Gasteiger charge is 2.36. The summed E-state index contributed by atoms with van der Waals surface area (Å²) in [7, 11) is 0. The zero-order valence-electron chi connectivity index (χ0n) is 22.9. The summed E-state index contributed by atoms with van der Waals surface area (Å²) >= 11 is 0. The maximum atomic E-state index is 13.2. The van der Waals surface area contributed by atoms with Gasteiger partial charge in [0.25, 0.3) is 5.91 Å². The largest absolute Gasteiger partial charge is 0.393 e. The Balaban J connectivity index is 1.24. The van der Waals surface area contributed by atoms with Crippen molar-refractivity contribution >= 4 is 22.9 Å². The number of aromatic nitrogens is 4. The molecule has 2 N–H and O–H groups in total. The lowest BCUT2D eigenvalue weighted by Crippen LogP contribution is -2.38. The number of aliphatic hydroxyl groups excluding tert-OH is 1. The lowest BCUT2D eigenvalue weighted by Gasteiger charge is -2.32. The van der Waals surface area contributed by atoms with Gasteiger partial charge in [-0.1, -0.05) is 13.3 Å². The average Bonchev–Trinajstić information content (AvgIpc) is 3.57. The summed E-state index contributed by atoms with van der Waals surface area (Å²) < 4.78 is 2.37. The molecule has 8 heteroatoms. The van der Waals surface area contributed by atoms with Crippen LogP contribution in [0.4, 0.5) is 5.95 Å². The van der Waals surface area contributed by atoms with Crippen LogP contribution in [0.2, 0.25) is 0 Å². The fourth-order valence-corrected chi connectivity index (χ4v) is 6.64. The minimum atomic E-state index is -0.185. The Morgan fingerprint density at radius 1 is 1.05 bits per heavy atom. The molecule has 1 saturated heterocycles. The molecular formula is C30H40N6O2. The van der Waals surface area contributed by atoms with E-state index in [9.17, 15) is 9.90 Å². The van der Waals surface area contributed by atoms with E-state index < -0.39 is 0 Å². The van der Waals surface area contributed by atoms with Crippen LogP contribution in [0.25, 0.3) is 11.0 Å². The van der Waals surface area contributed by atoms with E-state index in [-0.39, 0.29) is 12.0 Å². The maximum absolute atomic E-state index is 13.2. The zero-order chi connectivity index (χ0) is 26.4. The van der Waals surface area contributed by atoms with Gasteiger partial charge in [0.1, 0.15) is 5.65 Å². The number of piperidine rings is 1. The molecule has 2 saturated carbocycles. The third-order valence-electron chi connectivity index (χ3n) is 8.97. The lowest BCUT2D eigenvalue weighted by atomic mass is 9.89. The van der Waals surface area contributed by atoms with Crippen molar-refractivity contribution in [2.24, 2.45) is 5.92 Å². The number of nitrogens with zero attached hydrogens (tertiary/aromatic N) is 5. The van der Waals surface area contributed by atoms with E-state index >= 15 is 0 Å². The molecule has 2 atom stereocenters. The zero-order valence-corrected chi connectivity index (χ0v) is 22.9. The Labute approximate surface area is 224 Å². The second-order valence-electron chi connectivity index (χ2n) is 11.7. The molecule has 6 rings (SSSR count). The lowest BCUT2D eigenvalue weighted by molar-refractivity contribution is 0.0712. The number of rotatable bonds is 6. The van der Waals surface area contributed by atoms with Crippen LogP contribution in [-0.4, -0.2) is 60.7 Å². The number of pyridine rings is 1. The third-order valence-corrected chi connectivity index (χ3v) is 8.97.